The van der Waals surface area contributed by atoms with Gasteiger partial charge in [-0.05, 0) is 30.9 Å². The highest BCUT2D eigenvalue weighted by Crippen LogP contribution is 2.51. The summed E-state index contributed by atoms with van der Waals surface area (Å²) < 4.78 is 5.46. The number of hydrogen-bond acceptors (Lipinski definition) is 3. The van der Waals surface area contributed by atoms with Crippen molar-refractivity contribution in [1.82, 2.24) is 9.80 Å². The molecule has 1 saturated carbocycles. The Kier molecular flexibility index (Phi) is 5.22. The van der Waals surface area contributed by atoms with Gasteiger partial charge in [-0.3, -0.25) is 9.59 Å². The number of amides is 2. The number of ether oxygens (including phenoxy) is 1. The van der Waals surface area contributed by atoms with E-state index in [9.17, 15) is 9.59 Å². The van der Waals surface area contributed by atoms with E-state index in [1.807, 2.05) is 29.2 Å². The summed E-state index contributed by atoms with van der Waals surface area (Å²) in [5, 5.41) is 0. The summed E-state index contributed by atoms with van der Waals surface area (Å²) in [5.74, 6) is 0.0532. The van der Waals surface area contributed by atoms with Gasteiger partial charge in [-0.15, -0.1) is 0 Å². The van der Waals surface area contributed by atoms with Crippen LogP contribution in [0, 0.1) is 0 Å². The molecule has 2 fully saturated rings. The van der Waals surface area contributed by atoms with E-state index in [4.69, 9.17) is 4.74 Å². The van der Waals surface area contributed by atoms with Gasteiger partial charge >= 0.3 is 0 Å². The normalized spacial score (nSPS) is 24.3. The van der Waals surface area contributed by atoms with E-state index < -0.39 is 0 Å². The van der Waals surface area contributed by atoms with E-state index >= 15 is 0 Å². The number of carbonyl (C=O) groups is 2. The van der Waals surface area contributed by atoms with Crippen LogP contribution in [0.3, 0.4) is 0 Å². The van der Waals surface area contributed by atoms with Gasteiger partial charge in [0.1, 0.15) is 0 Å². The zero-order valence-electron chi connectivity index (χ0n) is 16.3. The first-order valence-electron chi connectivity index (χ1n) is 10.5. The Bertz CT molecular complexity index is 705. The first-order chi connectivity index (χ1) is 13.2. The maximum atomic E-state index is 13.7. The molecule has 1 unspecified atom stereocenters. The molecule has 4 rings (SSSR count). The molecule has 3 aliphatic rings. The van der Waals surface area contributed by atoms with E-state index in [1.54, 1.807) is 0 Å². The van der Waals surface area contributed by atoms with Crippen LogP contribution in [0.2, 0.25) is 0 Å². The van der Waals surface area contributed by atoms with Gasteiger partial charge in [0.05, 0.1) is 24.7 Å². The van der Waals surface area contributed by atoms with Gasteiger partial charge in [0, 0.05) is 25.2 Å². The molecule has 2 heterocycles. The molecule has 5 heteroatoms. The topological polar surface area (TPSA) is 49.9 Å². The third-order valence-electron chi connectivity index (χ3n) is 6.60. The third kappa shape index (κ3) is 3.06. The van der Waals surface area contributed by atoms with Gasteiger partial charge in [-0.25, -0.2) is 0 Å². The molecule has 0 aromatic heterocycles. The molecule has 1 spiro atoms. The summed E-state index contributed by atoms with van der Waals surface area (Å²) in [6.07, 6.45) is 6.06. The lowest BCUT2D eigenvalue weighted by atomic mass is 9.70. The third-order valence-corrected chi connectivity index (χ3v) is 6.60. The molecule has 1 aromatic rings. The van der Waals surface area contributed by atoms with Crippen molar-refractivity contribution in [2.24, 2.45) is 0 Å². The van der Waals surface area contributed by atoms with Gasteiger partial charge in [0.25, 0.3) is 5.91 Å². The number of nitrogens with zero attached hydrogens (tertiary/aromatic N) is 2. The molecule has 0 radical (unpaired) electrons. The molecule has 0 N–H and O–H groups in total. The molecule has 1 aliphatic carbocycles. The van der Waals surface area contributed by atoms with Gasteiger partial charge in [0.2, 0.25) is 5.91 Å². The minimum Gasteiger partial charge on any atom is -0.378 e. The van der Waals surface area contributed by atoms with Crippen LogP contribution in [-0.4, -0.2) is 60.0 Å². The van der Waals surface area contributed by atoms with Crippen molar-refractivity contribution in [2.45, 2.75) is 56.9 Å². The van der Waals surface area contributed by atoms with E-state index in [-0.39, 0.29) is 23.3 Å². The second-order valence-electron chi connectivity index (χ2n) is 8.08. The lowest BCUT2D eigenvalue weighted by molar-refractivity contribution is -0.141. The average molecular weight is 370 g/mol. The van der Waals surface area contributed by atoms with E-state index in [2.05, 4.69) is 11.8 Å². The number of hydrogen-bond donors (Lipinski definition) is 0. The van der Waals surface area contributed by atoms with Gasteiger partial charge in [-0.1, -0.05) is 44.4 Å². The smallest absolute Gasteiger partial charge is 0.254 e. The molecule has 0 bridgehead atoms. The standard InChI is InChI=1S/C22H30N2O3/c1-2-3-12-24-20(25)18-9-5-4-8-17(18)19(22(24)10-6-7-11-22)21(26)23-13-15-27-16-14-23/h4-5,8-9,19H,2-3,6-7,10-16H2,1H3. The number of carbonyl (C=O) groups excluding carboxylic acids is 2. The summed E-state index contributed by atoms with van der Waals surface area (Å²) in [4.78, 5) is 31.2. The van der Waals surface area contributed by atoms with Crippen LogP contribution in [0.1, 0.15) is 67.3 Å². The molecule has 2 aliphatic heterocycles. The largest absolute Gasteiger partial charge is 0.378 e. The molecule has 5 nitrogen and oxygen atoms in total. The van der Waals surface area contributed by atoms with Crippen LogP contribution < -0.4 is 0 Å². The lowest BCUT2D eigenvalue weighted by Crippen LogP contribution is -2.61. The fourth-order valence-electron chi connectivity index (χ4n) is 5.25. The van der Waals surface area contributed by atoms with Gasteiger partial charge in [-0.2, -0.15) is 0 Å². The Morgan fingerprint density at radius 2 is 1.89 bits per heavy atom. The fraction of sp³-hybridized carbons (Fsp3) is 0.636. The molecule has 1 aromatic carbocycles. The number of unbranched alkanes of at least 4 members (excludes halogenated alkanes) is 1. The fourth-order valence-corrected chi connectivity index (χ4v) is 5.25. The Balaban J connectivity index is 1.80. The maximum Gasteiger partial charge on any atom is 0.254 e. The van der Waals surface area contributed by atoms with Gasteiger partial charge < -0.3 is 14.5 Å². The molecule has 1 saturated heterocycles. The maximum absolute atomic E-state index is 13.7. The number of rotatable bonds is 4. The Labute approximate surface area is 161 Å². The predicted molar refractivity (Wildman–Crippen MR) is 104 cm³/mol. The molecule has 2 amide bonds. The predicted octanol–water partition coefficient (Wildman–Crippen LogP) is 3.20. The van der Waals surface area contributed by atoms with Crippen molar-refractivity contribution in [2.75, 3.05) is 32.8 Å². The van der Waals surface area contributed by atoms with Crippen molar-refractivity contribution < 1.29 is 14.3 Å². The van der Waals surface area contributed by atoms with Crippen molar-refractivity contribution >= 4 is 11.8 Å². The Morgan fingerprint density at radius 3 is 2.59 bits per heavy atom. The molecule has 27 heavy (non-hydrogen) atoms. The van der Waals surface area contributed by atoms with Crippen LogP contribution in [0.25, 0.3) is 0 Å². The van der Waals surface area contributed by atoms with Crippen molar-refractivity contribution in [3.8, 4) is 0 Å². The monoisotopic (exact) mass is 370 g/mol. The highest BCUT2D eigenvalue weighted by molar-refractivity contribution is 6.02. The number of morpholine rings is 1. The average Bonchev–Trinajstić information content (AvgIpc) is 3.18. The van der Waals surface area contributed by atoms with E-state index in [0.717, 1.165) is 56.2 Å². The van der Waals surface area contributed by atoms with Crippen LogP contribution in [0.15, 0.2) is 24.3 Å². The Morgan fingerprint density at radius 1 is 1.19 bits per heavy atom. The van der Waals surface area contributed by atoms with Crippen molar-refractivity contribution in [1.29, 1.82) is 0 Å². The van der Waals surface area contributed by atoms with Crippen LogP contribution >= 0.6 is 0 Å². The summed E-state index contributed by atoms with van der Waals surface area (Å²) in [7, 11) is 0. The lowest BCUT2D eigenvalue weighted by Gasteiger charge is -2.51. The molecular weight excluding hydrogens is 340 g/mol. The van der Waals surface area contributed by atoms with Crippen molar-refractivity contribution in [3.05, 3.63) is 35.4 Å². The first-order valence-corrected chi connectivity index (χ1v) is 10.5. The van der Waals surface area contributed by atoms with Crippen LogP contribution in [0.5, 0.6) is 0 Å². The molecule has 1 atom stereocenters. The van der Waals surface area contributed by atoms with Crippen molar-refractivity contribution in [3.63, 3.8) is 0 Å². The summed E-state index contributed by atoms with van der Waals surface area (Å²) in [6.45, 7) is 5.40. The zero-order valence-corrected chi connectivity index (χ0v) is 16.3. The summed E-state index contributed by atoms with van der Waals surface area (Å²) in [6, 6.07) is 7.79. The minimum atomic E-state index is -0.351. The Hall–Kier alpha value is -1.88. The highest BCUT2D eigenvalue weighted by Gasteiger charge is 2.56. The number of benzene rings is 1. The number of fused-ring (bicyclic) bond motifs is 1. The first kappa shape index (κ1) is 18.5. The quantitative estimate of drug-likeness (QED) is 0.818. The highest BCUT2D eigenvalue weighted by atomic mass is 16.5. The SMILES string of the molecule is CCCCN1C(=O)c2ccccc2C(C(=O)N2CCOCC2)C12CCCC2. The zero-order chi connectivity index (χ0) is 18.9. The second-order valence-corrected chi connectivity index (χ2v) is 8.08. The minimum absolute atomic E-state index is 0.118. The summed E-state index contributed by atoms with van der Waals surface area (Å²) >= 11 is 0. The van der Waals surface area contributed by atoms with Crippen LogP contribution in [-0.2, 0) is 9.53 Å². The second kappa shape index (κ2) is 7.63. The van der Waals surface area contributed by atoms with E-state index in [1.165, 1.54) is 0 Å². The van der Waals surface area contributed by atoms with E-state index in [0.29, 0.717) is 26.3 Å². The van der Waals surface area contributed by atoms with Gasteiger partial charge in [0.15, 0.2) is 0 Å². The molecule has 146 valence electrons. The van der Waals surface area contributed by atoms with Crippen LogP contribution in [0.4, 0.5) is 0 Å². The summed E-state index contributed by atoms with van der Waals surface area (Å²) in [5.41, 5.74) is 1.31. The molecular formula is C22H30N2O3.